The number of Topliss-reactive ketones (excluding diaryl/α,β-unsaturated/α-hetero) is 1. The number of nitrogens with two attached hydrogens (primary N) is 1. The van der Waals surface area contributed by atoms with Crippen molar-refractivity contribution in [1.82, 2.24) is 0 Å². The molecule has 90 valence electrons. The van der Waals surface area contributed by atoms with Gasteiger partial charge in [-0.3, -0.25) is 4.79 Å². The summed E-state index contributed by atoms with van der Waals surface area (Å²) in [7, 11) is 3.16. The number of hydrogen-bond donors (Lipinski definition) is 2. The Balaban J connectivity index is 0.00000106. The van der Waals surface area contributed by atoms with Gasteiger partial charge in [0.2, 0.25) is 0 Å². The van der Waals surface area contributed by atoms with E-state index in [0.717, 1.165) is 5.56 Å². The summed E-state index contributed by atoms with van der Waals surface area (Å²) in [6.07, 6.45) is 0.431. The summed E-state index contributed by atoms with van der Waals surface area (Å²) in [6, 6.07) is 5.49. The molecule has 0 amide bonds. The molecule has 0 aliphatic rings. The van der Waals surface area contributed by atoms with Crippen LogP contribution in [0, 0.1) is 0 Å². The van der Waals surface area contributed by atoms with Gasteiger partial charge in [-0.1, -0.05) is 6.07 Å². The fraction of sp³-hybridized carbons (Fsp3) is 0.364. The molecule has 0 spiro atoms. The van der Waals surface area contributed by atoms with Gasteiger partial charge in [0, 0.05) is 6.42 Å². The van der Waals surface area contributed by atoms with Gasteiger partial charge in [-0.15, -0.1) is 0 Å². The summed E-state index contributed by atoms with van der Waals surface area (Å²) in [4.78, 5) is 10.9. The van der Waals surface area contributed by atoms with Gasteiger partial charge in [0.1, 0.15) is 5.78 Å². The van der Waals surface area contributed by atoms with Gasteiger partial charge in [-0.25, -0.2) is 5.90 Å². The highest BCUT2D eigenvalue weighted by atomic mass is 16.5. The monoisotopic (exact) mass is 227 g/mol. The average Bonchev–Trinajstić information content (AvgIpc) is 2.30. The highest BCUT2D eigenvalue weighted by Gasteiger charge is 2.05. The van der Waals surface area contributed by atoms with Crippen LogP contribution in [-0.4, -0.2) is 25.2 Å². The van der Waals surface area contributed by atoms with E-state index in [2.05, 4.69) is 5.90 Å². The Hall–Kier alpha value is -1.59. The molecule has 0 heterocycles. The molecule has 5 heteroatoms. The number of hydrogen-bond acceptors (Lipinski definition) is 5. The topological polar surface area (TPSA) is 81.8 Å². The lowest BCUT2D eigenvalue weighted by Gasteiger charge is -2.08. The average molecular weight is 227 g/mol. The standard InChI is InChI=1S/C11H14O3.H3NO/c1-8(12)6-9-4-5-10(13-2)11(7-9)14-3;1-2/h4-5,7H,6H2,1-3H3;2H,1H2. The summed E-state index contributed by atoms with van der Waals surface area (Å²) in [5.74, 6) is 4.98. The van der Waals surface area contributed by atoms with Crippen LogP contribution in [0.4, 0.5) is 0 Å². The molecule has 0 aromatic heterocycles. The highest BCUT2D eigenvalue weighted by molar-refractivity contribution is 5.78. The molecule has 0 bridgehead atoms. The number of benzene rings is 1. The third-order valence-corrected chi connectivity index (χ3v) is 1.90. The zero-order chi connectivity index (χ0) is 12.6. The van der Waals surface area contributed by atoms with Gasteiger partial charge < -0.3 is 14.7 Å². The molecule has 0 saturated carbocycles. The quantitative estimate of drug-likeness (QED) is 0.754. The van der Waals surface area contributed by atoms with Crippen LogP contribution in [0.3, 0.4) is 0 Å². The maximum absolute atomic E-state index is 10.9. The molecule has 0 saturated heterocycles. The molecule has 5 nitrogen and oxygen atoms in total. The summed E-state index contributed by atoms with van der Waals surface area (Å²) in [5.41, 5.74) is 0.940. The van der Waals surface area contributed by atoms with Gasteiger partial charge in [-0.2, -0.15) is 0 Å². The number of ketones is 1. The van der Waals surface area contributed by atoms with E-state index < -0.39 is 0 Å². The van der Waals surface area contributed by atoms with E-state index in [4.69, 9.17) is 14.7 Å². The number of methoxy groups -OCH3 is 2. The van der Waals surface area contributed by atoms with Crippen molar-refractivity contribution in [2.45, 2.75) is 13.3 Å². The molecule has 3 N–H and O–H groups in total. The Morgan fingerprint density at radius 3 is 2.25 bits per heavy atom. The molecule has 0 aliphatic carbocycles. The lowest BCUT2D eigenvalue weighted by Crippen LogP contribution is -1.98. The third kappa shape index (κ3) is 4.29. The highest BCUT2D eigenvalue weighted by Crippen LogP contribution is 2.27. The maximum atomic E-state index is 10.9. The van der Waals surface area contributed by atoms with Crippen LogP contribution >= 0.6 is 0 Å². The molecule has 0 radical (unpaired) electrons. The minimum atomic E-state index is 0.136. The van der Waals surface area contributed by atoms with Crippen molar-refractivity contribution in [2.75, 3.05) is 14.2 Å². The fourth-order valence-electron chi connectivity index (χ4n) is 1.28. The SMILES string of the molecule is COc1ccc(CC(C)=O)cc1OC.NO. The van der Waals surface area contributed by atoms with Crippen molar-refractivity contribution in [3.05, 3.63) is 23.8 Å². The zero-order valence-electron chi connectivity index (χ0n) is 9.69. The Morgan fingerprint density at radius 1 is 1.25 bits per heavy atom. The molecule has 0 aliphatic heterocycles. The zero-order valence-corrected chi connectivity index (χ0v) is 9.69. The van der Waals surface area contributed by atoms with Crippen molar-refractivity contribution in [3.8, 4) is 11.5 Å². The second kappa shape index (κ2) is 7.67. The van der Waals surface area contributed by atoms with Crippen molar-refractivity contribution in [1.29, 1.82) is 0 Å². The molecule has 16 heavy (non-hydrogen) atoms. The molecule has 1 aromatic rings. The molecule has 0 atom stereocenters. The largest absolute Gasteiger partial charge is 0.493 e. The summed E-state index contributed by atoms with van der Waals surface area (Å²) in [6.45, 7) is 1.57. The first-order valence-electron chi connectivity index (χ1n) is 4.63. The minimum Gasteiger partial charge on any atom is -0.493 e. The number of carbonyl (C=O) groups is 1. The number of rotatable bonds is 4. The first-order chi connectivity index (χ1) is 7.67. The van der Waals surface area contributed by atoms with Gasteiger partial charge in [0.05, 0.1) is 14.2 Å². The van der Waals surface area contributed by atoms with E-state index in [1.807, 2.05) is 12.1 Å². The Morgan fingerprint density at radius 2 is 1.81 bits per heavy atom. The van der Waals surface area contributed by atoms with Crippen molar-refractivity contribution < 1.29 is 19.5 Å². The van der Waals surface area contributed by atoms with E-state index in [-0.39, 0.29) is 5.78 Å². The Kier molecular flexibility index (Phi) is 6.91. The maximum Gasteiger partial charge on any atom is 0.161 e. The predicted molar refractivity (Wildman–Crippen MR) is 59.9 cm³/mol. The van der Waals surface area contributed by atoms with Crippen LogP contribution in [0.5, 0.6) is 11.5 Å². The number of ether oxygens (including phenoxy) is 2. The second-order valence-corrected chi connectivity index (χ2v) is 3.07. The molecule has 1 aromatic carbocycles. The summed E-state index contributed by atoms with van der Waals surface area (Å²) >= 11 is 0. The van der Waals surface area contributed by atoms with E-state index in [1.54, 1.807) is 27.2 Å². The molecule has 0 unspecified atom stereocenters. The van der Waals surface area contributed by atoms with Gasteiger partial charge >= 0.3 is 0 Å². The number of carbonyl (C=O) groups excluding carboxylic acids is 1. The fourth-order valence-corrected chi connectivity index (χ4v) is 1.28. The smallest absolute Gasteiger partial charge is 0.161 e. The lowest BCUT2D eigenvalue weighted by atomic mass is 10.1. The van der Waals surface area contributed by atoms with Crippen molar-refractivity contribution in [3.63, 3.8) is 0 Å². The van der Waals surface area contributed by atoms with Gasteiger partial charge in [0.15, 0.2) is 11.5 Å². The first kappa shape index (κ1) is 14.4. The normalized spacial score (nSPS) is 8.81. The van der Waals surface area contributed by atoms with Crippen LogP contribution in [0.25, 0.3) is 0 Å². The van der Waals surface area contributed by atoms with Crippen molar-refractivity contribution in [2.24, 2.45) is 5.90 Å². The first-order valence-corrected chi connectivity index (χ1v) is 4.63. The van der Waals surface area contributed by atoms with Gasteiger partial charge in [0.25, 0.3) is 0 Å². The second-order valence-electron chi connectivity index (χ2n) is 3.07. The van der Waals surface area contributed by atoms with Crippen LogP contribution in [0.1, 0.15) is 12.5 Å². The summed E-state index contributed by atoms with van der Waals surface area (Å²) < 4.78 is 10.2. The third-order valence-electron chi connectivity index (χ3n) is 1.90. The Labute approximate surface area is 94.7 Å². The van der Waals surface area contributed by atoms with E-state index >= 15 is 0 Å². The van der Waals surface area contributed by atoms with Crippen molar-refractivity contribution >= 4 is 5.78 Å². The molecule has 1 rings (SSSR count). The van der Waals surface area contributed by atoms with Crippen LogP contribution in [-0.2, 0) is 11.2 Å². The van der Waals surface area contributed by atoms with Crippen LogP contribution in [0.15, 0.2) is 18.2 Å². The van der Waals surface area contributed by atoms with E-state index in [0.29, 0.717) is 17.9 Å². The lowest BCUT2D eigenvalue weighted by molar-refractivity contribution is -0.116. The Bertz CT molecular complexity index is 339. The minimum absolute atomic E-state index is 0.136. The van der Waals surface area contributed by atoms with Crippen LogP contribution in [0.2, 0.25) is 0 Å². The van der Waals surface area contributed by atoms with E-state index in [9.17, 15) is 4.79 Å². The molecule has 0 fully saturated rings. The van der Waals surface area contributed by atoms with Gasteiger partial charge in [-0.05, 0) is 24.6 Å². The molecular formula is C11H17NO4. The predicted octanol–water partition coefficient (Wildman–Crippen LogP) is 1.17. The molecular weight excluding hydrogens is 210 g/mol. The van der Waals surface area contributed by atoms with Crippen LogP contribution < -0.4 is 15.4 Å². The summed E-state index contributed by atoms with van der Waals surface area (Å²) in [5, 5.41) is 6.50. The van der Waals surface area contributed by atoms with E-state index in [1.165, 1.54) is 0 Å².